The number of para-hydroxylation sites is 1. The number of carbonyl (C=O) groups is 3. The van der Waals surface area contributed by atoms with Crippen LogP contribution in [0.1, 0.15) is 18.2 Å². The number of Topliss-reactive ketones (excluding diaryl/α,β-unsaturated/α-hetero) is 1. The normalized spacial score (nSPS) is 16.2. The zero-order chi connectivity index (χ0) is 28.0. The Labute approximate surface area is 226 Å². The van der Waals surface area contributed by atoms with Gasteiger partial charge in [0.25, 0.3) is 5.91 Å². The number of benzodiazepines with no additional fused rings is 1. The molecule has 2 atom stereocenters. The molecule has 0 radical (unpaired) electrons. The summed E-state index contributed by atoms with van der Waals surface area (Å²) >= 11 is 0. The third kappa shape index (κ3) is 5.86. The Morgan fingerprint density at radius 2 is 1.85 bits per heavy atom. The van der Waals surface area contributed by atoms with Gasteiger partial charge in [-0.05, 0) is 43.3 Å². The number of hydrogen-bond acceptors (Lipinski definition) is 7. The number of aliphatic imine (C=N–C) groups is 1. The van der Waals surface area contributed by atoms with Crippen LogP contribution in [-0.4, -0.2) is 59.9 Å². The standard InChI is InChI=1S/C29H30N6O4/c1-4-29(2,18-36)24(37)17-35-23-14-6-5-12-21(23)25(22-13-7-8-15-31-22)33-26(27(35)38)34-28(39)32-20-11-9-10-19(16-20)30-3/h4-16,26,30,36H,1,17-18H2,2-3H3,(H2,32,34,39). The number of aromatic nitrogens is 1. The molecule has 1 aliphatic rings. The fraction of sp³-hybridized carbons (Fsp3) is 0.207. The highest BCUT2D eigenvalue weighted by atomic mass is 16.3. The molecule has 0 saturated heterocycles. The quantitative estimate of drug-likeness (QED) is 0.316. The van der Waals surface area contributed by atoms with Crippen LogP contribution in [0.3, 0.4) is 0 Å². The highest BCUT2D eigenvalue weighted by molar-refractivity contribution is 6.20. The molecule has 4 rings (SSSR count). The summed E-state index contributed by atoms with van der Waals surface area (Å²) in [5, 5.41) is 18.2. The number of aliphatic hydroxyl groups excluding tert-OH is 1. The molecule has 200 valence electrons. The van der Waals surface area contributed by atoms with Gasteiger partial charge >= 0.3 is 6.03 Å². The predicted octanol–water partition coefficient (Wildman–Crippen LogP) is 3.21. The molecule has 1 aliphatic heterocycles. The second kappa shape index (κ2) is 11.7. The molecule has 4 N–H and O–H groups in total. The van der Waals surface area contributed by atoms with Crippen molar-refractivity contribution in [3.05, 3.63) is 96.8 Å². The van der Waals surface area contributed by atoms with Crippen LogP contribution in [0.25, 0.3) is 0 Å². The number of anilines is 3. The minimum atomic E-state index is -1.38. The number of ketones is 1. The van der Waals surface area contributed by atoms with E-state index < -0.39 is 35.9 Å². The summed E-state index contributed by atoms with van der Waals surface area (Å²) < 4.78 is 0. The predicted molar refractivity (Wildman–Crippen MR) is 151 cm³/mol. The van der Waals surface area contributed by atoms with Gasteiger partial charge in [-0.2, -0.15) is 0 Å². The summed E-state index contributed by atoms with van der Waals surface area (Å²) in [6.07, 6.45) is 1.59. The molecule has 3 amide bonds. The number of amides is 3. The second-order valence-corrected chi connectivity index (χ2v) is 9.17. The van der Waals surface area contributed by atoms with Gasteiger partial charge in [0, 0.05) is 30.2 Å². The molecule has 0 fully saturated rings. The highest BCUT2D eigenvalue weighted by Crippen LogP contribution is 2.29. The molecular formula is C29H30N6O4. The third-order valence-corrected chi connectivity index (χ3v) is 6.51. The fourth-order valence-corrected chi connectivity index (χ4v) is 4.03. The molecule has 39 heavy (non-hydrogen) atoms. The lowest BCUT2D eigenvalue weighted by atomic mass is 9.86. The monoisotopic (exact) mass is 526 g/mol. The van der Waals surface area contributed by atoms with Crippen molar-refractivity contribution in [1.29, 1.82) is 0 Å². The Morgan fingerprint density at radius 1 is 1.10 bits per heavy atom. The van der Waals surface area contributed by atoms with Gasteiger partial charge in [-0.25, -0.2) is 9.79 Å². The van der Waals surface area contributed by atoms with Crippen molar-refractivity contribution in [1.82, 2.24) is 10.3 Å². The van der Waals surface area contributed by atoms with E-state index in [0.29, 0.717) is 28.3 Å². The molecule has 0 aliphatic carbocycles. The van der Waals surface area contributed by atoms with E-state index in [2.05, 4.69) is 32.5 Å². The molecule has 2 heterocycles. The van der Waals surface area contributed by atoms with Crippen LogP contribution in [-0.2, 0) is 9.59 Å². The number of benzene rings is 2. The second-order valence-electron chi connectivity index (χ2n) is 9.17. The van der Waals surface area contributed by atoms with Gasteiger partial charge in [0.05, 0.1) is 35.7 Å². The van der Waals surface area contributed by atoms with Crippen LogP contribution in [0.5, 0.6) is 0 Å². The van der Waals surface area contributed by atoms with Crippen LogP contribution in [0, 0.1) is 5.41 Å². The van der Waals surface area contributed by atoms with Crippen molar-refractivity contribution >= 4 is 40.5 Å². The molecule has 10 heteroatoms. The van der Waals surface area contributed by atoms with Gasteiger partial charge < -0.3 is 26.0 Å². The van der Waals surface area contributed by atoms with Crippen molar-refractivity contribution in [3.8, 4) is 0 Å². The molecule has 0 bridgehead atoms. The number of pyridine rings is 1. The number of urea groups is 1. The number of aliphatic hydroxyl groups is 1. The van der Waals surface area contributed by atoms with Gasteiger partial charge in [-0.3, -0.25) is 14.6 Å². The first kappa shape index (κ1) is 27.2. The molecule has 3 aromatic rings. The van der Waals surface area contributed by atoms with Crippen LogP contribution in [0.15, 0.2) is 90.6 Å². The number of nitrogens with zero attached hydrogens (tertiary/aromatic N) is 3. The lowest BCUT2D eigenvalue weighted by Crippen LogP contribution is -2.51. The van der Waals surface area contributed by atoms with E-state index >= 15 is 0 Å². The smallest absolute Gasteiger partial charge is 0.321 e. The fourth-order valence-electron chi connectivity index (χ4n) is 4.03. The molecule has 0 saturated carbocycles. The zero-order valence-corrected chi connectivity index (χ0v) is 21.7. The molecule has 10 nitrogen and oxygen atoms in total. The summed E-state index contributed by atoms with van der Waals surface area (Å²) in [5.41, 5.74) is 1.91. The van der Waals surface area contributed by atoms with Crippen molar-refractivity contribution in [2.45, 2.75) is 13.1 Å². The minimum Gasteiger partial charge on any atom is -0.395 e. The third-order valence-electron chi connectivity index (χ3n) is 6.51. The summed E-state index contributed by atoms with van der Waals surface area (Å²) in [6.45, 7) is 4.39. The van der Waals surface area contributed by atoms with Crippen LogP contribution in [0.2, 0.25) is 0 Å². The average molecular weight is 527 g/mol. The number of carbonyl (C=O) groups excluding carboxylic acids is 3. The van der Waals surface area contributed by atoms with E-state index in [4.69, 9.17) is 0 Å². The first-order valence-corrected chi connectivity index (χ1v) is 12.3. The Morgan fingerprint density at radius 3 is 2.54 bits per heavy atom. The number of hydrogen-bond donors (Lipinski definition) is 4. The lowest BCUT2D eigenvalue weighted by molar-refractivity contribution is -0.128. The molecule has 2 aromatic carbocycles. The van der Waals surface area contributed by atoms with Gasteiger partial charge in [0.15, 0.2) is 5.78 Å². The summed E-state index contributed by atoms with van der Waals surface area (Å²) in [6, 6.07) is 18.7. The van der Waals surface area contributed by atoms with E-state index in [9.17, 15) is 19.5 Å². The van der Waals surface area contributed by atoms with Crippen molar-refractivity contribution in [3.63, 3.8) is 0 Å². The first-order chi connectivity index (χ1) is 18.8. The Bertz CT molecular complexity index is 1420. The maximum atomic E-state index is 13.9. The summed E-state index contributed by atoms with van der Waals surface area (Å²) in [5.74, 6) is -1.04. The molecule has 2 unspecified atom stereocenters. The van der Waals surface area contributed by atoms with Gasteiger partial charge in [-0.1, -0.05) is 36.4 Å². The maximum Gasteiger partial charge on any atom is 0.321 e. The van der Waals surface area contributed by atoms with Gasteiger partial charge in [-0.15, -0.1) is 6.58 Å². The minimum absolute atomic E-state index is 0.367. The maximum absolute atomic E-state index is 13.9. The zero-order valence-electron chi connectivity index (χ0n) is 21.7. The van der Waals surface area contributed by atoms with E-state index in [-0.39, 0.29) is 6.54 Å². The number of fused-ring (bicyclic) bond motifs is 1. The first-order valence-electron chi connectivity index (χ1n) is 12.3. The molecular weight excluding hydrogens is 496 g/mol. The van der Waals surface area contributed by atoms with Crippen molar-refractivity contribution in [2.24, 2.45) is 10.4 Å². The highest BCUT2D eigenvalue weighted by Gasteiger charge is 2.37. The number of nitrogens with one attached hydrogen (secondary N) is 3. The van der Waals surface area contributed by atoms with Crippen molar-refractivity contribution < 1.29 is 19.5 Å². The number of rotatable bonds is 9. The average Bonchev–Trinajstić information content (AvgIpc) is 3.08. The Kier molecular flexibility index (Phi) is 8.16. The lowest BCUT2D eigenvalue weighted by Gasteiger charge is -2.29. The van der Waals surface area contributed by atoms with Crippen LogP contribution >= 0.6 is 0 Å². The largest absolute Gasteiger partial charge is 0.395 e. The van der Waals surface area contributed by atoms with Gasteiger partial charge in [0.2, 0.25) is 6.17 Å². The van der Waals surface area contributed by atoms with Crippen LogP contribution < -0.4 is 20.9 Å². The summed E-state index contributed by atoms with van der Waals surface area (Å²) in [4.78, 5) is 50.5. The van der Waals surface area contributed by atoms with Crippen LogP contribution in [0.4, 0.5) is 21.9 Å². The molecule has 0 spiro atoms. The Hall–Kier alpha value is -4.83. The van der Waals surface area contributed by atoms with E-state index in [1.165, 1.54) is 11.0 Å². The molecule has 1 aromatic heterocycles. The van der Waals surface area contributed by atoms with E-state index in [1.54, 1.807) is 80.8 Å². The topological polar surface area (TPSA) is 136 Å². The van der Waals surface area contributed by atoms with E-state index in [0.717, 1.165) is 5.69 Å². The SMILES string of the molecule is C=CC(C)(CO)C(=O)CN1C(=O)C(NC(=O)Nc2cccc(NC)c2)N=C(c2ccccn2)c2ccccc21. The van der Waals surface area contributed by atoms with E-state index in [1.807, 2.05) is 6.07 Å². The summed E-state index contributed by atoms with van der Waals surface area (Å²) in [7, 11) is 1.76. The Balaban J connectivity index is 1.75. The van der Waals surface area contributed by atoms with Crippen molar-refractivity contribution in [2.75, 3.05) is 35.7 Å². The van der Waals surface area contributed by atoms with Gasteiger partial charge in [0.1, 0.15) is 0 Å².